The second-order valence-corrected chi connectivity index (χ2v) is 10.1. The number of halogens is 4. The van der Waals surface area contributed by atoms with Crippen LogP contribution in [-0.2, 0) is 16.0 Å². The molecule has 42 heavy (non-hydrogen) atoms. The molecule has 2 N–H and O–H groups in total. The Hall–Kier alpha value is -4.68. The van der Waals surface area contributed by atoms with E-state index in [0.29, 0.717) is 6.07 Å². The summed E-state index contributed by atoms with van der Waals surface area (Å²) in [4.78, 5) is 33.0. The van der Waals surface area contributed by atoms with E-state index >= 15 is 0 Å². The molecule has 4 rings (SSSR count). The number of ether oxygens (including phenoxy) is 1. The van der Waals surface area contributed by atoms with Gasteiger partial charge in [-0.1, -0.05) is 17.2 Å². The van der Waals surface area contributed by atoms with Crippen LogP contribution in [0.1, 0.15) is 42.9 Å². The SMILES string of the molecule is CC1(C)OCC(CCc2c(F)cncc2NC(=O)C(N=[N+]=[N-])C(c2ccc(F)cc2)c2cc(F)cc(F)c2)N1C(=O)O. The van der Waals surface area contributed by atoms with Crippen LogP contribution in [0.3, 0.4) is 0 Å². The predicted molar refractivity (Wildman–Crippen MR) is 142 cm³/mol. The van der Waals surface area contributed by atoms with Crippen LogP contribution in [0, 0.1) is 23.3 Å². The van der Waals surface area contributed by atoms with Crippen molar-refractivity contribution in [1.29, 1.82) is 0 Å². The minimum Gasteiger partial charge on any atom is -0.465 e. The van der Waals surface area contributed by atoms with E-state index in [0.717, 1.165) is 35.4 Å². The van der Waals surface area contributed by atoms with Crippen LogP contribution in [-0.4, -0.2) is 51.4 Å². The molecule has 220 valence electrons. The smallest absolute Gasteiger partial charge is 0.409 e. The van der Waals surface area contributed by atoms with Crippen molar-refractivity contribution in [2.45, 2.75) is 50.4 Å². The lowest BCUT2D eigenvalue weighted by molar-refractivity contribution is -0.117. The van der Waals surface area contributed by atoms with Crippen molar-refractivity contribution in [2.75, 3.05) is 11.9 Å². The van der Waals surface area contributed by atoms with E-state index < -0.39 is 59.0 Å². The Labute approximate surface area is 237 Å². The molecule has 10 nitrogen and oxygen atoms in total. The van der Waals surface area contributed by atoms with Crippen LogP contribution in [0.25, 0.3) is 10.4 Å². The second kappa shape index (κ2) is 12.5. The molecule has 2 amide bonds. The third-order valence-electron chi connectivity index (χ3n) is 7.00. The van der Waals surface area contributed by atoms with E-state index in [-0.39, 0.29) is 41.8 Å². The molecule has 14 heteroatoms. The first-order valence-electron chi connectivity index (χ1n) is 12.8. The maximum Gasteiger partial charge on any atom is 0.409 e. The van der Waals surface area contributed by atoms with Crippen molar-refractivity contribution >= 4 is 17.7 Å². The van der Waals surface area contributed by atoms with Crippen molar-refractivity contribution in [3.8, 4) is 0 Å². The highest BCUT2D eigenvalue weighted by Gasteiger charge is 2.43. The summed E-state index contributed by atoms with van der Waals surface area (Å²) in [6.07, 6.45) is 1.00. The Bertz CT molecular complexity index is 1510. The highest BCUT2D eigenvalue weighted by Crippen LogP contribution is 2.34. The fourth-order valence-corrected chi connectivity index (χ4v) is 5.13. The topological polar surface area (TPSA) is 141 Å². The van der Waals surface area contributed by atoms with Crippen LogP contribution in [0.5, 0.6) is 0 Å². The predicted octanol–water partition coefficient (Wildman–Crippen LogP) is 6.14. The number of aromatic nitrogens is 1. The Kier molecular flexibility index (Phi) is 8.98. The largest absolute Gasteiger partial charge is 0.465 e. The lowest BCUT2D eigenvalue weighted by Crippen LogP contribution is -2.47. The van der Waals surface area contributed by atoms with Gasteiger partial charge in [-0.2, -0.15) is 0 Å². The van der Waals surface area contributed by atoms with Gasteiger partial charge < -0.3 is 15.2 Å². The van der Waals surface area contributed by atoms with E-state index in [9.17, 15) is 37.8 Å². The number of rotatable bonds is 9. The van der Waals surface area contributed by atoms with Crippen molar-refractivity contribution in [3.63, 3.8) is 0 Å². The number of nitrogens with one attached hydrogen (secondary N) is 1. The first kappa shape index (κ1) is 30.3. The number of amides is 2. The fourth-order valence-electron chi connectivity index (χ4n) is 5.13. The number of pyridine rings is 1. The Morgan fingerprint density at radius 2 is 1.79 bits per heavy atom. The molecule has 3 unspecified atom stereocenters. The third kappa shape index (κ3) is 6.61. The number of carbonyl (C=O) groups excluding carboxylic acids is 1. The molecule has 2 aromatic carbocycles. The van der Waals surface area contributed by atoms with Crippen LogP contribution in [0.4, 0.5) is 28.0 Å². The lowest BCUT2D eigenvalue weighted by atomic mass is 9.84. The lowest BCUT2D eigenvalue weighted by Gasteiger charge is -2.31. The van der Waals surface area contributed by atoms with Gasteiger partial charge in [0.15, 0.2) is 0 Å². The van der Waals surface area contributed by atoms with Gasteiger partial charge in [0.1, 0.15) is 35.0 Å². The maximum atomic E-state index is 15.0. The number of carboxylic acid groups (broad SMARTS) is 1. The number of hydrogen-bond donors (Lipinski definition) is 2. The number of anilines is 1. The number of benzene rings is 2. The first-order valence-corrected chi connectivity index (χ1v) is 12.8. The molecular weight excluding hydrogens is 560 g/mol. The zero-order chi connectivity index (χ0) is 30.6. The molecule has 3 atom stereocenters. The summed E-state index contributed by atoms with van der Waals surface area (Å²) in [7, 11) is 0. The summed E-state index contributed by atoms with van der Waals surface area (Å²) in [5.41, 5.74) is 8.28. The minimum atomic E-state index is -1.66. The number of nitrogens with zero attached hydrogens (tertiary/aromatic N) is 5. The standard InChI is InChI=1S/C28H26F4N6O4/c1-28(2)38(27(40)41)20(14-42-28)7-8-21-22(32)12-34-13-23(21)35-26(39)25(36-37-33)24(15-3-5-17(29)6-4-15)16-9-18(30)11-19(31)10-16/h3-6,9-13,20,24-25H,7-8,14H2,1-2H3,(H,35,39)(H,40,41). The van der Waals surface area contributed by atoms with Gasteiger partial charge in [-0.15, -0.1) is 0 Å². The van der Waals surface area contributed by atoms with Crippen LogP contribution >= 0.6 is 0 Å². The van der Waals surface area contributed by atoms with Gasteiger partial charge in [-0.3, -0.25) is 14.7 Å². The van der Waals surface area contributed by atoms with Crippen molar-refractivity contribution in [1.82, 2.24) is 9.88 Å². The summed E-state index contributed by atoms with van der Waals surface area (Å²) in [5.74, 6) is -5.53. The van der Waals surface area contributed by atoms with E-state index in [1.807, 2.05) is 0 Å². The Morgan fingerprint density at radius 3 is 2.40 bits per heavy atom. The minimum absolute atomic E-state index is 0.00298. The molecule has 0 saturated carbocycles. The van der Waals surface area contributed by atoms with E-state index in [1.54, 1.807) is 13.8 Å². The third-order valence-corrected chi connectivity index (χ3v) is 7.00. The normalized spacial score (nSPS) is 17.3. The number of carbonyl (C=O) groups is 2. The quantitative estimate of drug-likeness (QED) is 0.134. The average Bonchev–Trinajstić information content (AvgIpc) is 3.22. The monoisotopic (exact) mass is 586 g/mol. The molecule has 0 spiro atoms. The Balaban J connectivity index is 1.66. The molecule has 1 fully saturated rings. The van der Waals surface area contributed by atoms with Crippen molar-refractivity contribution in [2.24, 2.45) is 5.11 Å². The molecule has 0 aliphatic carbocycles. The van der Waals surface area contributed by atoms with Gasteiger partial charge in [0, 0.05) is 22.5 Å². The van der Waals surface area contributed by atoms with Gasteiger partial charge in [-0.05, 0) is 67.6 Å². The zero-order valence-corrected chi connectivity index (χ0v) is 22.5. The van der Waals surface area contributed by atoms with Gasteiger partial charge in [-0.25, -0.2) is 22.4 Å². The molecular formula is C28H26F4N6O4. The average molecular weight is 587 g/mol. The molecule has 0 bridgehead atoms. The van der Waals surface area contributed by atoms with Crippen LogP contribution in [0.15, 0.2) is 60.0 Å². The van der Waals surface area contributed by atoms with Crippen molar-refractivity contribution in [3.05, 3.63) is 105 Å². The molecule has 1 aromatic heterocycles. The van der Waals surface area contributed by atoms with Gasteiger partial charge in [0.05, 0.1) is 30.7 Å². The molecule has 1 aliphatic rings. The van der Waals surface area contributed by atoms with Gasteiger partial charge in [0.25, 0.3) is 0 Å². The first-order chi connectivity index (χ1) is 19.9. The fraction of sp³-hybridized carbons (Fsp3) is 0.321. The highest BCUT2D eigenvalue weighted by molar-refractivity contribution is 5.96. The summed E-state index contributed by atoms with van der Waals surface area (Å²) < 4.78 is 62.6. The zero-order valence-electron chi connectivity index (χ0n) is 22.5. The van der Waals surface area contributed by atoms with E-state index in [4.69, 9.17) is 4.74 Å². The van der Waals surface area contributed by atoms with Crippen molar-refractivity contribution < 1.29 is 37.0 Å². The van der Waals surface area contributed by atoms with E-state index in [2.05, 4.69) is 20.3 Å². The molecule has 3 aromatic rings. The summed E-state index contributed by atoms with van der Waals surface area (Å²) >= 11 is 0. The summed E-state index contributed by atoms with van der Waals surface area (Å²) in [6, 6.07) is 4.99. The van der Waals surface area contributed by atoms with Gasteiger partial charge >= 0.3 is 6.09 Å². The highest BCUT2D eigenvalue weighted by atomic mass is 19.1. The molecule has 1 aliphatic heterocycles. The second-order valence-electron chi connectivity index (χ2n) is 10.1. The summed E-state index contributed by atoms with van der Waals surface area (Å²) in [6.45, 7) is 3.27. The summed E-state index contributed by atoms with van der Waals surface area (Å²) in [5, 5.41) is 15.7. The Morgan fingerprint density at radius 1 is 1.12 bits per heavy atom. The molecule has 0 radical (unpaired) electrons. The maximum absolute atomic E-state index is 15.0. The van der Waals surface area contributed by atoms with E-state index in [1.165, 1.54) is 18.3 Å². The van der Waals surface area contributed by atoms with Gasteiger partial charge in [0.2, 0.25) is 5.91 Å². The molecule has 2 heterocycles. The number of hydrogen-bond acceptors (Lipinski definition) is 5. The van der Waals surface area contributed by atoms with Crippen LogP contribution < -0.4 is 5.32 Å². The number of azide groups is 1. The van der Waals surface area contributed by atoms with Crippen LogP contribution in [0.2, 0.25) is 0 Å². The molecule has 1 saturated heterocycles.